The molecule has 6 nitrogen and oxygen atoms in total. The van der Waals surface area contributed by atoms with Crippen LogP contribution in [0.2, 0.25) is 0 Å². The van der Waals surface area contributed by atoms with E-state index in [-0.39, 0.29) is 17.6 Å². The van der Waals surface area contributed by atoms with Gasteiger partial charge in [0.25, 0.3) is 5.91 Å². The number of ether oxygens (including phenoxy) is 1. The van der Waals surface area contributed by atoms with E-state index in [0.717, 1.165) is 0 Å². The second-order valence-corrected chi connectivity index (χ2v) is 5.59. The van der Waals surface area contributed by atoms with Gasteiger partial charge in [-0.25, -0.2) is 0 Å². The van der Waals surface area contributed by atoms with Gasteiger partial charge in [-0.1, -0.05) is 12.1 Å². The number of hydrogen-bond acceptors (Lipinski definition) is 4. The third-order valence-corrected chi connectivity index (χ3v) is 3.40. The number of rotatable bonds is 6. The summed E-state index contributed by atoms with van der Waals surface area (Å²) >= 11 is 0. The summed E-state index contributed by atoms with van der Waals surface area (Å²) in [7, 11) is 0. The molecule has 0 aliphatic heterocycles. The molecule has 0 aromatic heterocycles. The van der Waals surface area contributed by atoms with Crippen LogP contribution in [-0.4, -0.2) is 23.7 Å². The number of hydrogen-bond donors (Lipinski definition) is 2. The van der Waals surface area contributed by atoms with Crippen molar-refractivity contribution in [3.8, 4) is 5.75 Å². The van der Waals surface area contributed by atoms with E-state index in [0.29, 0.717) is 22.7 Å². The molecule has 130 valence electrons. The number of carbonyl (C=O) groups excluding carboxylic acids is 3. The van der Waals surface area contributed by atoms with E-state index in [1.54, 1.807) is 55.5 Å². The van der Waals surface area contributed by atoms with Gasteiger partial charge in [0.2, 0.25) is 5.91 Å². The van der Waals surface area contributed by atoms with Crippen molar-refractivity contribution in [1.82, 2.24) is 0 Å². The lowest BCUT2D eigenvalue weighted by atomic mass is 10.1. The van der Waals surface area contributed by atoms with Gasteiger partial charge in [-0.3, -0.25) is 14.4 Å². The van der Waals surface area contributed by atoms with Crippen LogP contribution in [-0.2, 0) is 9.59 Å². The number of ketones is 1. The minimum absolute atomic E-state index is 0.0678. The molecule has 0 saturated heterocycles. The maximum Gasteiger partial charge on any atom is 0.265 e. The van der Waals surface area contributed by atoms with E-state index in [9.17, 15) is 14.4 Å². The third-order valence-electron chi connectivity index (χ3n) is 3.40. The third kappa shape index (κ3) is 5.46. The Hall–Kier alpha value is -3.15. The summed E-state index contributed by atoms with van der Waals surface area (Å²) in [6.07, 6.45) is -0.739. The predicted octanol–water partition coefficient (Wildman–Crippen LogP) is 3.25. The first-order chi connectivity index (χ1) is 11.8. The summed E-state index contributed by atoms with van der Waals surface area (Å²) in [6.45, 7) is 4.52. The van der Waals surface area contributed by atoms with Gasteiger partial charge in [-0.15, -0.1) is 0 Å². The Morgan fingerprint density at radius 3 is 2.08 bits per heavy atom. The fourth-order valence-electron chi connectivity index (χ4n) is 2.13. The fourth-order valence-corrected chi connectivity index (χ4v) is 2.13. The lowest BCUT2D eigenvalue weighted by Gasteiger charge is -2.15. The highest BCUT2D eigenvalue weighted by Gasteiger charge is 2.15. The van der Waals surface area contributed by atoms with Crippen LogP contribution in [0.4, 0.5) is 11.4 Å². The van der Waals surface area contributed by atoms with Crippen LogP contribution in [0.1, 0.15) is 31.1 Å². The average molecular weight is 340 g/mol. The summed E-state index contributed by atoms with van der Waals surface area (Å²) in [5, 5.41) is 5.39. The molecule has 2 amide bonds. The molecule has 0 saturated carbocycles. The van der Waals surface area contributed by atoms with Crippen LogP contribution in [0.15, 0.2) is 48.5 Å². The van der Waals surface area contributed by atoms with Crippen LogP contribution < -0.4 is 15.4 Å². The maximum absolute atomic E-state index is 12.2. The number of anilines is 2. The van der Waals surface area contributed by atoms with Gasteiger partial charge in [0.15, 0.2) is 11.9 Å². The highest BCUT2D eigenvalue weighted by Crippen LogP contribution is 2.17. The second kappa shape index (κ2) is 8.10. The van der Waals surface area contributed by atoms with Crippen LogP contribution in [0, 0.1) is 0 Å². The van der Waals surface area contributed by atoms with Gasteiger partial charge in [0, 0.05) is 23.9 Å². The van der Waals surface area contributed by atoms with Gasteiger partial charge in [0.1, 0.15) is 5.75 Å². The second-order valence-electron chi connectivity index (χ2n) is 5.59. The Kier molecular flexibility index (Phi) is 5.89. The normalized spacial score (nSPS) is 11.3. The molecule has 0 unspecified atom stereocenters. The van der Waals surface area contributed by atoms with E-state index < -0.39 is 6.10 Å². The van der Waals surface area contributed by atoms with Gasteiger partial charge in [-0.2, -0.15) is 0 Å². The molecule has 1 atom stereocenters. The zero-order valence-corrected chi connectivity index (χ0v) is 14.3. The van der Waals surface area contributed by atoms with Crippen LogP contribution in [0.3, 0.4) is 0 Å². The van der Waals surface area contributed by atoms with Crippen molar-refractivity contribution in [3.05, 3.63) is 54.1 Å². The van der Waals surface area contributed by atoms with Crippen molar-refractivity contribution < 1.29 is 19.1 Å². The fraction of sp³-hybridized carbons (Fsp3) is 0.211. The minimum Gasteiger partial charge on any atom is -0.481 e. The maximum atomic E-state index is 12.2. The Balaban J connectivity index is 1.97. The molecular formula is C19H20N2O4. The molecule has 0 aliphatic carbocycles. The Morgan fingerprint density at radius 1 is 0.920 bits per heavy atom. The summed E-state index contributed by atoms with van der Waals surface area (Å²) < 4.78 is 5.59. The van der Waals surface area contributed by atoms with E-state index in [1.807, 2.05) is 0 Å². The van der Waals surface area contributed by atoms with E-state index in [2.05, 4.69) is 10.6 Å². The molecule has 2 aromatic carbocycles. The molecule has 0 fully saturated rings. The SMILES string of the molecule is CC(=O)Nc1ccc(NC(=O)[C@H](C)Oc2cccc(C(C)=O)c2)cc1. The lowest BCUT2D eigenvalue weighted by Crippen LogP contribution is -2.30. The van der Waals surface area contributed by atoms with Crippen molar-refractivity contribution in [2.45, 2.75) is 26.9 Å². The number of carbonyl (C=O) groups is 3. The molecule has 6 heteroatoms. The zero-order chi connectivity index (χ0) is 18.4. The van der Waals surface area contributed by atoms with E-state index in [1.165, 1.54) is 13.8 Å². The lowest BCUT2D eigenvalue weighted by molar-refractivity contribution is -0.122. The van der Waals surface area contributed by atoms with Gasteiger partial charge in [-0.05, 0) is 50.2 Å². The van der Waals surface area contributed by atoms with Crippen molar-refractivity contribution in [2.24, 2.45) is 0 Å². The smallest absolute Gasteiger partial charge is 0.265 e. The van der Waals surface area contributed by atoms with Crippen LogP contribution in [0.25, 0.3) is 0 Å². The molecule has 0 heterocycles. The molecule has 0 spiro atoms. The molecule has 0 bridgehead atoms. The Morgan fingerprint density at radius 2 is 1.52 bits per heavy atom. The summed E-state index contributed by atoms with van der Waals surface area (Å²) in [6, 6.07) is 13.5. The minimum atomic E-state index is -0.739. The molecule has 0 aliphatic rings. The van der Waals surface area contributed by atoms with Crippen LogP contribution in [0.5, 0.6) is 5.75 Å². The standard InChI is InChI=1S/C19H20N2O4/c1-12(22)15-5-4-6-18(11-15)25-13(2)19(24)21-17-9-7-16(8-10-17)20-14(3)23/h4-11,13H,1-3H3,(H,20,23)(H,21,24)/t13-/m0/s1. The number of benzene rings is 2. The summed E-state index contributed by atoms with van der Waals surface area (Å²) in [5.74, 6) is -0.0923. The van der Waals surface area contributed by atoms with Crippen molar-refractivity contribution in [1.29, 1.82) is 0 Å². The van der Waals surface area contributed by atoms with Gasteiger partial charge >= 0.3 is 0 Å². The largest absolute Gasteiger partial charge is 0.481 e. The predicted molar refractivity (Wildman–Crippen MR) is 95.9 cm³/mol. The van der Waals surface area contributed by atoms with Crippen molar-refractivity contribution in [3.63, 3.8) is 0 Å². The first-order valence-corrected chi connectivity index (χ1v) is 7.81. The Bertz CT molecular complexity index is 784. The number of Topliss-reactive ketones (excluding diaryl/α,β-unsaturated/α-hetero) is 1. The molecule has 2 aromatic rings. The first-order valence-electron chi connectivity index (χ1n) is 7.81. The van der Waals surface area contributed by atoms with Crippen molar-refractivity contribution in [2.75, 3.05) is 10.6 Å². The van der Waals surface area contributed by atoms with E-state index in [4.69, 9.17) is 4.74 Å². The van der Waals surface area contributed by atoms with Crippen molar-refractivity contribution >= 4 is 29.0 Å². The quantitative estimate of drug-likeness (QED) is 0.791. The highest BCUT2D eigenvalue weighted by atomic mass is 16.5. The van der Waals surface area contributed by atoms with E-state index >= 15 is 0 Å². The molecule has 25 heavy (non-hydrogen) atoms. The zero-order valence-electron chi connectivity index (χ0n) is 14.3. The molecule has 2 N–H and O–H groups in total. The van der Waals surface area contributed by atoms with Gasteiger partial charge < -0.3 is 15.4 Å². The summed E-state index contributed by atoms with van der Waals surface area (Å²) in [4.78, 5) is 34.6. The van der Waals surface area contributed by atoms with Gasteiger partial charge in [0.05, 0.1) is 0 Å². The topological polar surface area (TPSA) is 84.5 Å². The number of nitrogens with one attached hydrogen (secondary N) is 2. The van der Waals surface area contributed by atoms with Crippen LogP contribution >= 0.6 is 0 Å². The molecule has 2 rings (SSSR count). The number of amides is 2. The molecule has 0 radical (unpaired) electrons. The molecular weight excluding hydrogens is 320 g/mol. The first kappa shape index (κ1) is 18.2. The average Bonchev–Trinajstić information content (AvgIpc) is 2.56. The monoisotopic (exact) mass is 340 g/mol. The summed E-state index contributed by atoms with van der Waals surface area (Å²) in [5.41, 5.74) is 1.77. The Labute approximate surface area is 146 Å². The highest BCUT2D eigenvalue weighted by molar-refractivity contribution is 5.95.